The maximum atomic E-state index is 13.4. The zero-order chi connectivity index (χ0) is 12.3. The van der Waals surface area contributed by atoms with Gasteiger partial charge in [-0.05, 0) is 38.2 Å². The first kappa shape index (κ1) is 12.0. The van der Waals surface area contributed by atoms with E-state index in [0.717, 1.165) is 38.3 Å². The van der Waals surface area contributed by atoms with Gasteiger partial charge in [-0.15, -0.1) is 0 Å². The van der Waals surface area contributed by atoms with Crippen molar-refractivity contribution in [2.45, 2.75) is 6.42 Å². The fourth-order valence-corrected chi connectivity index (χ4v) is 2.15. The van der Waals surface area contributed by atoms with Gasteiger partial charge < -0.3 is 9.80 Å². The minimum absolute atomic E-state index is 0.345. The van der Waals surface area contributed by atoms with Crippen molar-refractivity contribution in [2.24, 2.45) is 0 Å². The number of benzene rings is 1. The normalized spacial score (nSPS) is 17.9. The Kier molecular flexibility index (Phi) is 3.74. The molecule has 1 saturated heterocycles. The fraction of sp³-hybridized carbons (Fsp3) is 0.462. The predicted molar refractivity (Wildman–Crippen MR) is 66.1 cm³/mol. The van der Waals surface area contributed by atoms with Crippen LogP contribution in [0.3, 0.4) is 0 Å². The Labute approximate surface area is 101 Å². The molecule has 92 valence electrons. The second-order valence-corrected chi connectivity index (χ2v) is 4.50. The minimum atomic E-state index is -0.345. The van der Waals surface area contributed by atoms with Crippen molar-refractivity contribution < 1.29 is 9.18 Å². The standard InChI is InChI=1S/C13H17FN2O/c1-15-3-2-4-16(6-5-15)13-8-11(10-17)7-12(14)9-13/h7-10H,2-6H2,1H3. The molecule has 1 fully saturated rings. The molecular weight excluding hydrogens is 219 g/mol. The number of rotatable bonds is 2. The third kappa shape index (κ3) is 3.03. The molecule has 0 unspecified atom stereocenters. The minimum Gasteiger partial charge on any atom is -0.370 e. The van der Waals surface area contributed by atoms with Crippen LogP contribution in [0.25, 0.3) is 0 Å². The van der Waals surface area contributed by atoms with Crippen LogP contribution in [-0.4, -0.2) is 44.4 Å². The molecule has 0 bridgehead atoms. The first-order chi connectivity index (χ1) is 8.19. The number of likely N-dealkylation sites (N-methyl/N-ethyl adjacent to an activating group) is 1. The number of halogens is 1. The van der Waals surface area contributed by atoms with E-state index in [1.54, 1.807) is 6.07 Å². The van der Waals surface area contributed by atoms with E-state index in [1.165, 1.54) is 12.1 Å². The highest BCUT2D eigenvalue weighted by Crippen LogP contribution is 2.19. The van der Waals surface area contributed by atoms with E-state index in [2.05, 4.69) is 16.8 Å². The lowest BCUT2D eigenvalue weighted by Crippen LogP contribution is -2.28. The van der Waals surface area contributed by atoms with Crippen molar-refractivity contribution in [2.75, 3.05) is 38.1 Å². The van der Waals surface area contributed by atoms with Gasteiger partial charge in [0, 0.05) is 30.9 Å². The second kappa shape index (κ2) is 5.27. The number of hydrogen-bond donors (Lipinski definition) is 0. The Morgan fingerprint density at radius 1 is 1.18 bits per heavy atom. The van der Waals surface area contributed by atoms with Crippen LogP contribution in [0.4, 0.5) is 10.1 Å². The molecule has 0 aliphatic carbocycles. The molecule has 17 heavy (non-hydrogen) atoms. The maximum absolute atomic E-state index is 13.4. The molecule has 0 spiro atoms. The van der Waals surface area contributed by atoms with Gasteiger partial charge in [0.25, 0.3) is 0 Å². The van der Waals surface area contributed by atoms with Crippen LogP contribution in [0, 0.1) is 5.82 Å². The van der Waals surface area contributed by atoms with Crippen molar-refractivity contribution in [3.05, 3.63) is 29.6 Å². The number of hydrogen-bond acceptors (Lipinski definition) is 3. The molecule has 1 aromatic carbocycles. The highest BCUT2D eigenvalue weighted by atomic mass is 19.1. The van der Waals surface area contributed by atoms with Crippen molar-refractivity contribution in [3.63, 3.8) is 0 Å². The summed E-state index contributed by atoms with van der Waals surface area (Å²) in [7, 11) is 2.09. The van der Waals surface area contributed by atoms with E-state index in [9.17, 15) is 9.18 Å². The summed E-state index contributed by atoms with van der Waals surface area (Å²) in [6.07, 6.45) is 1.75. The fourth-order valence-electron chi connectivity index (χ4n) is 2.15. The average molecular weight is 236 g/mol. The van der Waals surface area contributed by atoms with E-state index in [-0.39, 0.29) is 5.82 Å². The van der Waals surface area contributed by atoms with Crippen molar-refractivity contribution in [1.82, 2.24) is 4.90 Å². The molecule has 0 aromatic heterocycles. The molecule has 1 aliphatic rings. The quantitative estimate of drug-likeness (QED) is 0.731. The Morgan fingerprint density at radius 2 is 2.00 bits per heavy atom. The highest BCUT2D eigenvalue weighted by molar-refractivity contribution is 5.77. The molecule has 3 nitrogen and oxygen atoms in total. The largest absolute Gasteiger partial charge is 0.370 e. The van der Waals surface area contributed by atoms with Crippen LogP contribution in [0.5, 0.6) is 0 Å². The van der Waals surface area contributed by atoms with Crippen molar-refractivity contribution in [1.29, 1.82) is 0 Å². The predicted octanol–water partition coefficient (Wildman–Crippen LogP) is 1.78. The van der Waals surface area contributed by atoms with E-state index < -0.39 is 0 Å². The topological polar surface area (TPSA) is 23.6 Å². The second-order valence-electron chi connectivity index (χ2n) is 4.50. The molecule has 2 rings (SSSR count). The van der Waals surface area contributed by atoms with E-state index in [0.29, 0.717) is 11.8 Å². The Balaban J connectivity index is 2.20. The number of nitrogens with zero attached hydrogens (tertiary/aromatic N) is 2. The highest BCUT2D eigenvalue weighted by Gasteiger charge is 2.13. The maximum Gasteiger partial charge on any atom is 0.150 e. The van der Waals surface area contributed by atoms with Gasteiger partial charge in [0.2, 0.25) is 0 Å². The molecule has 0 amide bonds. The molecular formula is C13H17FN2O. The number of carbonyl (C=O) groups excluding carboxylic acids is 1. The monoisotopic (exact) mass is 236 g/mol. The lowest BCUT2D eigenvalue weighted by Gasteiger charge is -2.23. The van der Waals surface area contributed by atoms with Gasteiger partial charge in [-0.1, -0.05) is 0 Å². The zero-order valence-electron chi connectivity index (χ0n) is 10.0. The summed E-state index contributed by atoms with van der Waals surface area (Å²) in [4.78, 5) is 15.1. The van der Waals surface area contributed by atoms with Gasteiger partial charge in [-0.25, -0.2) is 4.39 Å². The molecule has 1 heterocycles. The summed E-state index contributed by atoms with van der Waals surface area (Å²) in [6.45, 7) is 3.81. The zero-order valence-corrected chi connectivity index (χ0v) is 10.0. The summed E-state index contributed by atoms with van der Waals surface area (Å²) in [5.41, 5.74) is 1.21. The van der Waals surface area contributed by atoms with Gasteiger partial charge in [-0.2, -0.15) is 0 Å². The third-order valence-electron chi connectivity index (χ3n) is 3.13. The summed E-state index contributed by atoms with van der Waals surface area (Å²) < 4.78 is 13.4. The van der Waals surface area contributed by atoms with Crippen LogP contribution < -0.4 is 4.90 Å². The summed E-state index contributed by atoms with van der Waals surface area (Å²) in [5, 5.41) is 0. The van der Waals surface area contributed by atoms with Crippen LogP contribution >= 0.6 is 0 Å². The molecule has 1 aliphatic heterocycles. The lowest BCUT2D eigenvalue weighted by atomic mass is 10.2. The number of carbonyl (C=O) groups is 1. The van der Waals surface area contributed by atoms with Gasteiger partial charge in [0.05, 0.1) is 0 Å². The van der Waals surface area contributed by atoms with E-state index in [4.69, 9.17) is 0 Å². The molecule has 1 aromatic rings. The third-order valence-corrected chi connectivity index (χ3v) is 3.13. The van der Waals surface area contributed by atoms with Gasteiger partial charge in [-0.3, -0.25) is 4.79 Å². The Hall–Kier alpha value is -1.42. The van der Waals surface area contributed by atoms with Crippen LogP contribution in [0.15, 0.2) is 18.2 Å². The first-order valence-electron chi connectivity index (χ1n) is 5.88. The molecule has 0 radical (unpaired) electrons. The average Bonchev–Trinajstić information content (AvgIpc) is 2.53. The molecule has 0 atom stereocenters. The van der Waals surface area contributed by atoms with Gasteiger partial charge in [0.15, 0.2) is 0 Å². The van der Waals surface area contributed by atoms with Gasteiger partial charge in [0.1, 0.15) is 12.1 Å². The van der Waals surface area contributed by atoms with Gasteiger partial charge >= 0.3 is 0 Å². The SMILES string of the molecule is CN1CCCN(c2cc(F)cc(C=O)c2)CC1. The first-order valence-corrected chi connectivity index (χ1v) is 5.88. The molecule has 4 heteroatoms. The summed E-state index contributed by atoms with van der Waals surface area (Å²) in [6, 6.07) is 4.51. The molecule has 0 saturated carbocycles. The summed E-state index contributed by atoms with van der Waals surface area (Å²) >= 11 is 0. The number of anilines is 1. The summed E-state index contributed by atoms with van der Waals surface area (Å²) in [5.74, 6) is -0.345. The molecule has 0 N–H and O–H groups in total. The van der Waals surface area contributed by atoms with Crippen molar-refractivity contribution >= 4 is 12.0 Å². The number of aldehydes is 1. The van der Waals surface area contributed by atoms with Crippen LogP contribution in [0.1, 0.15) is 16.8 Å². The van der Waals surface area contributed by atoms with E-state index >= 15 is 0 Å². The van der Waals surface area contributed by atoms with Crippen LogP contribution in [0.2, 0.25) is 0 Å². The van der Waals surface area contributed by atoms with Crippen molar-refractivity contribution in [3.8, 4) is 0 Å². The lowest BCUT2D eigenvalue weighted by molar-refractivity contribution is 0.112. The van der Waals surface area contributed by atoms with Crippen LogP contribution in [-0.2, 0) is 0 Å². The van der Waals surface area contributed by atoms with E-state index in [1.807, 2.05) is 0 Å². The smallest absolute Gasteiger partial charge is 0.150 e. The Morgan fingerprint density at radius 3 is 2.76 bits per heavy atom. The Bertz CT molecular complexity index is 408.